The fourth-order valence-electron chi connectivity index (χ4n) is 8.41. The quantitative estimate of drug-likeness (QED) is 0.114. The first-order valence-corrected chi connectivity index (χ1v) is 20.1. The fourth-order valence-corrected chi connectivity index (χ4v) is 8.41. The predicted molar refractivity (Wildman–Crippen MR) is 240 cm³/mol. The molecule has 0 heterocycles. The fraction of sp³-hybridized carbons (Fsp3) is 0.0741. The average Bonchev–Trinajstić information content (AvgIpc) is 3.30. The zero-order valence-electron chi connectivity index (χ0n) is 33.2. The first-order valence-electron chi connectivity index (χ1n) is 20.1. The van der Waals surface area contributed by atoms with Crippen LogP contribution in [0.15, 0.2) is 194 Å². The van der Waals surface area contributed by atoms with Crippen LogP contribution >= 0.6 is 0 Å². The highest BCUT2D eigenvalue weighted by Gasteiger charge is 2.34. The van der Waals surface area contributed by atoms with Crippen molar-refractivity contribution >= 4 is 66.7 Å². The van der Waals surface area contributed by atoms with Gasteiger partial charge in [-0.2, -0.15) is 0 Å². The number of carbonyl (C=O) groups is 4. The van der Waals surface area contributed by atoms with E-state index in [2.05, 4.69) is 12.1 Å². The average molecular weight is 781 g/mol. The number of hydrogen-bond acceptors (Lipinski definition) is 4. The Hall–Kier alpha value is -7.70. The first-order chi connectivity index (χ1) is 29.3. The summed E-state index contributed by atoms with van der Waals surface area (Å²) >= 11 is 0. The van der Waals surface area contributed by atoms with Crippen molar-refractivity contribution in [1.29, 1.82) is 0 Å². The summed E-state index contributed by atoms with van der Waals surface area (Å²) in [6, 6.07) is 58.9. The molecular formula is C54H40N2O4. The molecule has 6 nitrogen and oxygen atoms in total. The van der Waals surface area contributed by atoms with Gasteiger partial charge in [0, 0.05) is 11.1 Å². The maximum Gasteiger partial charge on any atom is 0.262 e. The van der Waals surface area contributed by atoms with Gasteiger partial charge >= 0.3 is 0 Å². The van der Waals surface area contributed by atoms with Crippen LogP contribution in [0.3, 0.4) is 0 Å². The van der Waals surface area contributed by atoms with E-state index < -0.39 is 35.7 Å². The van der Waals surface area contributed by atoms with E-state index in [1.165, 1.54) is 9.80 Å². The Balaban J connectivity index is 1.13. The van der Waals surface area contributed by atoms with Gasteiger partial charge in [-0.25, -0.2) is 0 Å². The second-order valence-electron chi connectivity index (χ2n) is 15.1. The van der Waals surface area contributed by atoms with Crippen molar-refractivity contribution in [3.63, 3.8) is 0 Å². The van der Waals surface area contributed by atoms with Crippen LogP contribution in [-0.4, -0.2) is 33.4 Å². The molecule has 0 radical (unpaired) electrons. The van der Waals surface area contributed by atoms with E-state index in [1.807, 2.05) is 172 Å². The van der Waals surface area contributed by atoms with Crippen LogP contribution in [0.25, 0.3) is 43.1 Å². The van der Waals surface area contributed by atoms with Crippen molar-refractivity contribution in [2.24, 2.45) is 0 Å². The van der Waals surface area contributed by atoms with Crippen LogP contribution in [0, 0.1) is 0 Å². The zero-order valence-corrected chi connectivity index (χ0v) is 33.2. The van der Waals surface area contributed by atoms with Crippen molar-refractivity contribution in [2.45, 2.75) is 25.9 Å². The minimum Gasteiger partial charge on any atom is -0.269 e. The molecule has 0 aliphatic heterocycles. The van der Waals surface area contributed by atoms with Gasteiger partial charge in [-0.15, -0.1) is 0 Å². The highest BCUT2D eigenvalue weighted by atomic mass is 16.2. The Morgan fingerprint density at radius 1 is 0.333 bits per heavy atom. The molecular weight excluding hydrogens is 741 g/mol. The van der Waals surface area contributed by atoms with Gasteiger partial charge in [-0.1, -0.05) is 158 Å². The molecule has 0 aliphatic rings. The zero-order chi connectivity index (χ0) is 41.3. The molecule has 60 heavy (non-hydrogen) atoms. The molecule has 0 bridgehead atoms. The first kappa shape index (κ1) is 37.9. The molecule has 0 saturated carbocycles. The van der Waals surface area contributed by atoms with Gasteiger partial charge in [-0.3, -0.25) is 29.0 Å². The number of amides is 4. The van der Waals surface area contributed by atoms with E-state index in [4.69, 9.17) is 0 Å². The number of nitrogens with zero attached hydrogens (tertiary/aromatic N) is 2. The van der Waals surface area contributed by atoms with E-state index in [0.717, 1.165) is 54.2 Å². The molecule has 4 amide bonds. The maximum absolute atomic E-state index is 15.1. The van der Waals surface area contributed by atoms with Crippen LogP contribution in [-0.2, 0) is 0 Å². The molecule has 2 atom stereocenters. The van der Waals surface area contributed by atoms with E-state index in [-0.39, 0.29) is 11.1 Å². The normalized spacial score (nSPS) is 12.3. The van der Waals surface area contributed by atoms with Gasteiger partial charge in [0.15, 0.2) is 0 Å². The topological polar surface area (TPSA) is 74.8 Å². The number of benzene rings is 9. The highest BCUT2D eigenvalue weighted by Crippen LogP contribution is 2.35. The van der Waals surface area contributed by atoms with Gasteiger partial charge in [-0.05, 0) is 104 Å². The summed E-state index contributed by atoms with van der Waals surface area (Å²) in [6.45, 7) is 3.70. The third kappa shape index (κ3) is 6.78. The lowest BCUT2D eigenvalue weighted by molar-refractivity contribution is 0.0539. The van der Waals surface area contributed by atoms with Gasteiger partial charge < -0.3 is 0 Å². The van der Waals surface area contributed by atoms with Crippen LogP contribution in [0.4, 0.5) is 0 Å². The van der Waals surface area contributed by atoms with E-state index in [9.17, 15) is 9.59 Å². The Morgan fingerprint density at radius 2 is 0.600 bits per heavy atom. The van der Waals surface area contributed by atoms with Gasteiger partial charge in [0.1, 0.15) is 0 Å². The maximum atomic E-state index is 15.1. The Bertz CT molecular complexity index is 2790. The monoisotopic (exact) mass is 780 g/mol. The molecule has 290 valence electrons. The smallest absolute Gasteiger partial charge is 0.262 e. The summed E-state index contributed by atoms with van der Waals surface area (Å²) in [5.41, 5.74) is 2.91. The van der Waals surface area contributed by atoms with E-state index in [1.54, 1.807) is 24.3 Å². The van der Waals surface area contributed by atoms with E-state index in [0.29, 0.717) is 11.1 Å². The lowest BCUT2D eigenvalue weighted by atomic mass is 9.94. The summed E-state index contributed by atoms with van der Waals surface area (Å²) in [5, 5.41) is 6.55. The third-order valence-corrected chi connectivity index (χ3v) is 11.6. The minimum absolute atomic E-state index is 0.223. The lowest BCUT2D eigenvalue weighted by Gasteiger charge is -2.30. The SMILES string of the molecule is C[C@H](c1ccccc1)N(C(=O)c1ccc(C(=O)N(C(=O)c2c3ccccc3cc3ccccc23)[C@H](C)c2ccccc2)cc1)C(=O)c1c2ccccc2cc2ccccc12. The third-order valence-electron chi connectivity index (χ3n) is 11.6. The molecule has 0 spiro atoms. The molecule has 0 fully saturated rings. The summed E-state index contributed by atoms with van der Waals surface area (Å²) in [7, 11) is 0. The van der Waals surface area contributed by atoms with Crippen molar-refractivity contribution in [1.82, 2.24) is 9.80 Å². The molecule has 9 rings (SSSR count). The van der Waals surface area contributed by atoms with Crippen LogP contribution in [0.1, 0.15) is 78.5 Å². The largest absolute Gasteiger partial charge is 0.269 e. The number of carbonyl (C=O) groups excluding carboxylic acids is 4. The molecule has 9 aromatic carbocycles. The summed E-state index contributed by atoms with van der Waals surface area (Å²) < 4.78 is 0. The second kappa shape index (κ2) is 15.9. The number of hydrogen-bond donors (Lipinski definition) is 0. The van der Waals surface area contributed by atoms with Gasteiger partial charge in [0.2, 0.25) is 0 Å². The molecule has 6 heteroatoms. The van der Waals surface area contributed by atoms with E-state index >= 15 is 9.59 Å². The predicted octanol–water partition coefficient (Wildman–Crippen LogP) is 12.4. The van der Waals surface area contributed by atoms with Gasteiger partial charge in [0.05, 0.1) is 23.2 Å². The Kier molecular flexibility index (Phi) is 10.0. The molecule has 0 N–H and O–H groups in total. The van der Waals surface area contributed by atoms with Crippen molar-refractivity contribution in [3.05, 3.63) is 228 Å². The summed E-state index contributed by atoms with van der Waals surface area (Å²) in [5.74, 6) is -1.89. The van der Waals surface area contributed by atoms with Crippen LogP contribution < -0.4 is 0 Å². The number of fused-ring (bicyclic) bond motifs is 4. The summed E-state index contributed by atoms with van der Waals surface area (Å²) in [4.78, 5) is 62.5. The molecule has 0 aromatic heterocycles. The van der Waals surface area contributed by atoms with Crippen LogP contribution in [0.5, 0.6) is 0 Å². The van der Waals surface area contributed by atoms with Crippen molar-refractivity contribution < 1.29 is 19.2 Å². The number of rotatable bonds is 8. The molecule has 0 aliphatic carbocycles. The van der Waals surface area contributed by atoms with Crippen LogP contribution in [0.2, 0.25) is 0 Å². The summed E-state index contributed by atoms with van der Waals surface area (Å²) in [6.07, 6.45) is 0. The molecule has 9 aromatic rings. The minimum atomic E-state index is -0.638. The molecule has 0 unspecified atom stereocenters. The number of imide groups is 2. The Labute approximate surface area is 347 Å². The van der Waals surface area contributed by atoms with Crippen molar-refractivity contribution in [3.8, 4) is 0 Å². The lowest BCUT2D eigenvalue weighted by Crippen LogP contribution is -2.40. The standard InChI is InChI=1S/C54H40N2O4/c1-35(37-17-5-3-6-18-37)55(53(59)49-45-25-13-9-21-41(45)33-42-22-10-14-26-46(42)49)51(57)39-29-31-40(32-30-39)52(58)56(36(2)38-19-7-4-8-20-38)54(60)50-47-27-15-11-23-43(47)34-44-24-12-16-28-48(44)50/h3-36H,1-2H3/t35-,36-/m1/s1. The van der Waals surface area contributed by atoms with Crippen molar-refractivity contribution in [2.75, 3.05) is 0 Å². The molecule has 0 saturated heterocycles. The van der Waals surface area contributed by atoms with Gasteiger partial charge in [0.25, 0.3) is 23.6 Å². The highest BCUT2D eigenvalue weighted by molar-refractivity contribution is 6.24. The Morgan fingerprint density at radius 3 is 0.900 bits per heavy atom. The second-order valence-corrected chi connectivity index (χ2v) is 15.1.